The molecule has 0 saturated carbocycles. The van der Waals surface area contributed by atoms with Crippen molar-refractivity contribution < 1.29 is 0 Å². The van der Waals surface area contributed by atoms with Crippen molar-refractivity contribution in [1.82, 2.24) is 19.3 Å². The van der Waals surface area contributed by atoms with E-state index in [4.69, 9.17) is 0 Å². The Morgan fingerprint density at radius 2 is 2.40 bits per heavy atom. The number of hydrogen-bond acceptors (Lipinski definition) is 3. The van der Waals surface area contributed by atoms with Crippen LogP contribution in [0.15, 0.2) is 37.3 Å². The van der Waals surface area contributed by atoms with E-state index in [0.29, 0.717) is 0 Å². The summed E-state index contributed by atoms with van der Waals surface area (Å²) in [7, 11) is 1.88. The molecule has 0 unspecified atom stereocenters. The highest BCUT2D eigenvalue weighted by Crippen LogP contribution is 2.13. The standard InChI is InChI=1S/C10H13N5/c1-3-7-15-8-6-11-10(15)13-9-4-5-12-14(9)2/h3-6,8H,1,7H2,2H3,(H,11,13). The first-order chi connectivity index (χ1) is 7.31. The summed E-state index contributed by atoms with van der Waals surface area (Å²) in [6.07, 6.45) is 7.22. The zero-order chi connectivity index (χ0) is 10.7. The predicted molar refractivity (Wildman–Crippen MR) is 58.9 cm³/mol. The first-order valence-electron chi connectivity index (χ1n) is 4.68. The van der Waals surface area contributed by atoms with Crippen LogP contribution in [0.5, 0.6) is 0 Å². The molecule has 78 valence electrons. The second-order valence-electron chi connectivity index (χ2n) is 3.16. The van der Waals surface area contributed by atoms with Gasteiger partial charge in [-0.3, -0.25) is 4.68 Å². The van der Waals surface area contributed by atoms with Crippen LogP contribution in [0.4, 0.5) is 11.8 Å². The first kappa shape index (κ1) is 9.51. The molecule has 15 heavy (non-hydrogen) atoms. The number of anilines is 2. The third-order valence-electron chi connectivity index (χ3n) is 2.10. The number of aromatic nitrogens is 4. The molecule has 0 saturated heterocycles. The minimum atomic E-state index is 0.736. The zero-order valence-corrected chi connectivity index (χ0v) is 8.59. The van der Waals surface area contributed by atoms with Gasteiger partial charge in [0, 0.05) is 32.1 Å². The number of rotatable bonds is 4. The fourth-order valence-electron chi connectivity index (χ4n) is 1.33. The fourth-order valence-corrected chi connectivity index (χ4v) is 1.33. The number of imidazole rings is 1. The molecule has 5 heteroatoms. The van der Waals surface area contributed by atoms with Crippen molar-refractivity contribution in [2.75, 3.05) is 5.32 Å². The van der Waals surface area contributed by atoms with E-state index in [1.54, 1.807) is 17.1 Å². The molecule has 5 nitrogen and oxygen atoms in total. The summed E-state index contributed by atoms with van der Waals surface area (Å²) >= 11 is 0. The average Bonchev–Trinajstić information content (AvgIpc) is 2.80. The van der Waals surface area contributed by atoms with Gasteiger partial charge < -0.3 is 9.88 Å². The van der Waals surface area contributed by atoms with Gasteiger partial charge in [-0.15, -0.1) is 6.58 Å². The van der Waals surface area contributed by atoms with Crippen molar-refractivity contribution in [2.24, 2.45) is 7.05 Å². The number of hydrogen-bond donors (Lipinski definition) is 1. The van der Waals surface area contributed by atoms with Crippen LogP contribution < -0.4 is 5.32 Å². The van der Waals surface area contributed by atoms with E-state index in [-0.39, 0.29) is 0 Å². The molecular formula is C10H13N5. The van der Waals surface area contributed by atoms with Crippen LogP contribution in [-0.4, -0.2) is 19.3 Å². The predicted octanol–water partition coefficient (Wildman–Crippen LogP) is 1.55. The largest absolute Gasteiger partial charge is 0.313 e. The Bertz CT molecular complexity index is 454. The molecule has 0 aliphatic rings. The lowest BCUT2D eigenvalue weighted by Crippen LogP contribution is -2.05. The highest BCUT2D eigenvalue weighted by Gasteiger charge is 2.03. The number of nitrogens with zero attached hydrogens (tertiary/aromatic N) is 4. The first-order valence-corrected chi connectivity index (χ1v) is 4.68. The minimum absolute atomic E-state index is 0.736. The van der Waals surface area contributed by atoms with Crippen molar-refractivity contribution in [3.63, 3.8) is 0 Å². The van der Waals surface area contributed by atoms with Crippen molar-refractivity contribution >= 4 is 11.8 Å². The Labute approximate surface area is 88.1 Å². The maximum Gasteiger partial charge on any atom is 0.208 e. The third kappa shape index (κ3) is 1.90. The van der Waals surface area contributed by atoms with Crippen molar-refractivity contribution in [2.45, 2.75) is 6.54 Å². The number of nitrogens with one attached hydrogen (secondary N) is 1. The van der Waals surface area contributed by atoms with E-state index < -0.39 is 0 Å². The van der Waals surface area contributed by atoms with Crippen LogP contribution in [0.25, 0.3) is 0 Å². The van der Waals surface area contributed by atoms with Gasteiger partial charge in [-0.25, -0.2) is 4.98 Å². The van der Waals surface area contributed by atoms with Gasteiger partial charge in [0.1, 0.15) is 5.82 Å². The molecule has 0 aromatic carbocycles. The van der Waals surface area contributed by atoms with Crippen LogP contribution in [0.2, 0.25) is 0 Å². The molecule has 0 aliphatic carbocycles. The maximum absolute atomic E-state index is 4.21. The quantitative estimate of drug-likeness (QED) is 0.767. The molecule has 2 heterocycles. The number of aryl methyl sites for hydroxylation is 1. The molecule has 2 aromatic rings. The van der Waals surface area contributed by atoms with E-state index in [0.717, 1.165) is 18.3 Å². The van der Waals surface area contributed by atoms with Crippen LogP contribution in [0.1, 0.15) is 0 Å². The van der Waals surface area contributed by atoms with Crippen LogP contribution in [-0.2, 0) is 13.6 Å². The molecule has 0 atom stereocenters. The van der Waals surface area contributed by atoms with Crippen molar-refractivity contribution in [1.29, 1.82) is 0 Å². The molecule has 0 spiro atoms. The molecule has 2 rings (SSSR count). The van der Waals surface area contributed by atoms with E-state index >= 15 is 0 Å². The van der Waals surface area contributed by atoms with E-state index in [1.807, 2.05) is 30.0 Å². The Morgan fingerprint density at radius 3 is 3.07 bits per heavy atom. The molecule has 0 aliphatic heterocycles. The lowest BCUT2D eigenvalue weighted by Gasteiger charge is -2.07. The van der Waals surface area contributed by atoms with Crippen LogP contribution in [0.3, 0.4) is 0 Å². The third-order valence-corrected chi connectivity index (χ3v) is 2.10. The highest BCUT2D eigenvalue weighted by molar-refractivity contribution is 5.47. The number of allylic oxidation sites excluding steroid dienone is 1. The van der Waals surface area contributed by atoms with Gasteiger partial charge in [0.2, 0.25) is 5.95 Å². The molecule has 0 fully saturated rings. The Kier molecular flexibility index (Phi) is 2.53. The van der Waals surface area contributed by atoms with Gasteiger partial charge in [-0.05, 0) is 0 Å². The van der Waals surface area contributed by atoms with Gasteiger partial charge >= 0.3 is 0 Å². The summed E-state index contributed by atoms with van der Waals surface area (Å²) in [5.41, 5.74) is 0. The van der Waals surface area contributed by atoms with Gasteiger partial charge in [0.15, 0.2) is 0 Å². The Balaban J connectivity index is 2.20. The Morgan fingerprint density at radius 1 is 1.53 bits per heavy atom. The maximum atomic E-state index is 4.21. The normalized spacial score (nSPS) is 10.2. The van der Waals surface area contributed by atoms with Crippen molar-refractivity contribution in [3.05, 3.63) is 37.3 Å². The lowest BCUT2D eigenvalue weighted by molar-refractivity contribution is 0.769. The van der Waals surface area contributed by atoms with Gasteiger partial charge in [-0.2, -0.15) is 5.10 Å². The molecule has 1 N–H and O–H groups in total. The van der Waals surface area contributed by atoms with Gasteiger partial charge in [0.25, 0.3) is 0 Å². The monoisotopic (exact) mass is 203 g/mol. The summed E-state index contributed by atoms with van der Waals surface area (Å²) in [5, 5.41) is 7.26. The molecule has 0 bridgehead atoms. The van der Waals surface area contributed by atoms with E-state index in [2.05, 4.69) is 22.0 Å². The molecule has 0 amide bonds. The zero-order valence-electron chi connectivity index (χ0n) is 8.59. The van der Waals surface area contributed by atoms with E-state index in [1.165, 1.54) is 0 Å². The van der Waals surface area contributed by atoms with Gasteiger partial charge in [-0.1, -0.05) is 6.08 Å². The Hall–Kier alpha value is -2.04. The van der Waals surface area contributed by atoms with E-state index in [9.17, 15) is 0 Å². The average molecular weight is 203 g/mol. The second kappa shape index (κ2) is 4.00. The van der Waals surface area contributed by atoms with Gasteiger partial charge in [0.05, 0.1) is 6.20 Å². The topological polar surface area (TPSA) is 47.7 Å². The second-order valence-corrected chi connectivity index (χ2v) is 3.16. The minimum Gasteiger partial charge on any atom is -0.313 e. The SMILES string of the molecule is C=CCn1ccnc1Nc1ccnn1C. The van der Waals surface area contributed by atoms with Crippen LogP contribution in [0, 0.1) is 0 Å². The lowest BCUT2D eigenvalue weighted by atomic mass is 10.6. The van der Waals surface area contributed by atoms with Crippen LogP contribution >= 0.6 is 0 Å². The summed E-state index contributed by atoms with van der Waals surface area (Å²) in [6.45, 7) is 4.43. The summed E-state index contributed by atoms with van der Waals surface area (Å²) < 4.78 is 3.73. The highest BCUT2D eigenvalue weighted by atomic mass is 15.3. The van der Waals surface area contributed by atoms with Crippen molar-refractivity contribution in [3.8, 4) is 0 Å². The fraction of sp³-hybridized carbons (Fsp3) is 0.200. The molecular weight excluding hydrogens is 190 g/mol. The molecule has 2 aromatic heterocycles. The summed E-state index contributed by atoms with van der Waals surface area (Å²) in [5.74, 6) is 1.70. The summed E-state index contributed by atoms with van der Waals surface area (Å²) in [6, 6.07) is 1.90. The smallest absolute Gasteiger partial charge is 0.208 e. The summed E-state index contributed by atoms with van der Waals surface area (Å²) in [4.78, 5) is 4.21. The molecule has 0 radical (unpaired) electrons.